The van der Waals surface area contributed by atoms with Crippen LogP contribution in [-0.4, -0.2) is 18.8 Å². The smallest absolute Gasteiger partial charge is 0.122 e. The Morgan fingerprint density at radius 3 is 2.53 bits per heavy atom. The molecule has 1 atom stereocenters. The Kier molecular flexibility index (Phi) is 4.15. The first-order chi connectivity index (χ1) is 7.08. The molecule has 0 saturated heterocycles. The van der Waals surface area contributed by atoms with Crippen molar-refractivity contribution in [1.82, 2.24) is 0 Å². The summed E-state index contributed by atoms with van der Waals surface area (Å²) >= 11 is 0. The van der Waals surface area contributed by atoms with Crippen LogP contribution in [0.15, 0.2) is 12.1 Å². The number of aliphatic hydroxyl groups is 1. The maximum Gasteiger partial charge on any atom is 0.122 e. The van der Waals surface area contributed by atoms with Gasteiger partial charge in [-0.3, -0.25) is 0 Å². The molecule has 1 aromatic rings. The fraction of sp³-hybridized carbons (Fsp3) is 0.538. The SMILES string of the molecule is COc1cc(C)cc(C)c1CC(C)CO. The van der Waals surface area contributed by atoms with Gasteiger partial charge in [-0.2, -0.15) is 0 Å². The minimum atomic E-state index is 0.219. The minimum absolute atomic E-state index is 0.219. The maximum absolute atomic E-state index is 9.06. The van der Waals surface area contributed by atoms with E-state index in [-0.39, 0.29) is 12.5 Å². The molecular formula is C13H20O2. The zero-order chi connectivity index (χ0) is 11.4. The Morgan fingerprint density at radius 2 is 2.00 bits per heavy atom. The quantitative estimate of drug-likeness (QED) is 0.823. The number of rotatable bonds is 4. The fourth-order valence-corrected chi connectivity index (χ4v) is 1.82. The van der Waals surface area contributed by atoms with Gasteiger partial charge in [0.1, 0.15) is 5.75 Å². The summed E-state index contributed by atoms with van der Waals surface area (Å²) in [7, 11) is 1.70. The van der Waals surface area contributed by atoms with Gasteiger partial charge in [-0.15, -0.1) is 0 Å². The van der Waals surface area contributed by atoms with Crippen molar-refractivity contribution < 1.29 is 9.84 Å². The molecule has 15 heavy (non-hydrogen) atoms. The van der Waals surface area contributed by atoms with Gasteiger partial charge in [-0.25, -0.2) is 0 Å². The van der Waals surface area contributed by atoms with E-state index in [0.717, 1.165) is 12.2 Å². The maximum atomic E-state index is 9.06. The molecule has 0 aliphatic heterocycles. The Bertz CT molecular complexity index is 332. The largest absolute Gasteiger partial charge is 0.496 e. The van der Waals surface area contributed by atoms with Gasteiger partial charge in [0.05, 0.1) is 7.11 Å². The normalized spacial score (nSPS) is 12.6. The van der Waals surface area contributed by atoms with Crippen molar-refractivity contribution in [2.75, 3.05) is 13.7 Å². The monoisotopic (exact) mass is 208 g/mol. The lowest BCUT2D eigenvalue weighted by Crippen LogP contribution is -2.07. The average Bonchev–Trinajstić information content (AvgIpc) is 2.21. The molecule has 1 unspecified atom stereocenters. The van der Waals surface area contributed by atoms with Crippen molar-refractivity contribution in [1.29, 1.82) is 0 Å². The van der Waals surface area contributed by atoms with E-state index in [0.29, 0.717) is 0 Å². The number of aryl methyl sites for hydroxylation is 2. The van der Waals surface area contributed by atoms with E-state index in [4.69, 9.17) is 9.84 Å². The van der Waals surface area contributed by atoms with Crippen molar-refractivity contribution in [3.63, 3.8) is 0 Å². The Hall–Kier alpha value is -1.02. The molecule has 0 bridgehead atoms. The second-order valence-corrected chi connectivity index (χ2v) is 4.25. The van der Waals surface area contributed by atoms with Crippen LogP contribution in [-0.2, 0) is 6.42 Å². The van der Waals surface area contributed by atoms with Crippen molar-refractivity contribution in [2.24, 2.45) is 5.92 Å². The van der Waals surface area contributed by atoms with Crippen molar-refractivity contribution in [3.8, 4) is 5.75 Å². The van der Waals surface area contributed by atoms with Gasteiger partial charge < -0.3 is 9.84 Å². The molecule has 0 amide bonds. The predicted octanol–water partition coefficient (Wildman–Crippen LogP) is 2.48. The molecule has 0 aliphatic rings. The summed E-state index contributed by atoms with van der Waals surface area (Å²) < 4.78 is 5.37. The molecule has 84 valence electrons. The van der Waals surface area contributed by atoms with Gasteiger partial charge in [-0.05, 0) is 48.9 Å². The van der Waals surface area contributed by atoms with Crippen molar-refractivity contribution >= 4 is 0 Å². The Labute approximate surface area is 91.9 Å². The standard InChI is InChI=1S/C13H20O2/c1-9-5-11(3)12(6-10(2)8-14)13(7-9)15-4/h5,7,10,14H,6,8H2,1-4H3. The molecule has 0 heterocycles. The summed E-state index contributed by atoms with van der Waals surface area (Å²) in [6, 6.07) is 4.20. The first kappa shape index (κ1) is 12.1. The van der Waals surface area contributed by atoms with Gasteiger partial charge in [0, 0.05) is 6.61 Å². The minimum Gasteiger partial charge on any atom is -0.496 e. The molecule has 0 aromatic heterocycles. The lowest BCUT2D eigenvalue weighted by molar-refractivity contribution is 0.236. The van der Waals surface area contributed by atoms with E-state index < -0.39 is 0 Å². The molecule has 2 heteroatoms. The highest BCUT2D eigenvalue weighted by molar-refractivity contribution is 5.43. The van der Waals surface area contributed by atoms with Crippen LogP contribution in [0.1, 0.15) is 23.6 Å². The van der Waals surface area contributed by atoms with Gasteiger partial charge >= 0.3 is 0 Å². The van der Waals surface area contributed by atoms with Gasteiger partial charge in [0.25, 0.3) is 0 Å². The summed E-state index contributed by atoms with van der Waals surface area (Å²) in [6.07, 6.45) is 0.867. The van der Waals surface area contributed by atoms with Crippen LogP contribution in [0.5, 0.6) is 5.75 Å². The topological polar surface area (TPSA) is 29.5 Å². The zero-order valence-corrected chi connectivity index (χ0v) is 10.0. The van der Waals surface area contributed by atoms with Crippen molar-refractivity contribution in [2.45, 2.75) is 27.2 Å². The molecule has 0 radical (unpaired) electrons. The second kappa shape index (κ2) is 5.17. The van der Waals surface area contributed by atoms with E-state index in [9.17, 15) is 0 Å². The Balaban J connectivity index is 3.04. The van der Waals surface area contributed by atoms with Crippen LogP contribution in [0.4, 0.5) is 0 Å². The molecule has 2 nitrogen and oxygen atoms in total. The van der Waals surface area contributed by atoms with E-state index in [1.54, 1.807) is 7.11 Å². The summed E-state index contributed by atoms with van der Waals surface area (Å²) in [5.74, 6) is 1.22. The summed E-state index contributed by atoms with van der Waals surface area (Å²) in [5, 5.41) is 9.06. The number of benzene rings is 1. The van der Waals surface area contributed by atoms with E-state index >= 15 is 0 Å². The van der Waals surface area contributed by atoms with Gasteiger partial charge in [0.15, 0.2) is 0 Å². The number of methoxy groups -OCH3 is 1. The van der Waals surface area contributed by atoms with Crippen molar-refractivity contribution in [3.05, 3.63) is 28.8 Å². The second-order valence-electron chi connectivity index (χ2n) is 4.25. The highest BCUT2D eigenvalue weighted by atomic mass is 16.5. The Morgan fingerprint density at radius 1 is 1.33 bits per heavy atom. The number of hydrogen-bond donors (Lipinski definition) is 1. The predicted molar refractivity (Wildman–Crippen MR) is 62.4 cm³/mol. The van der Waals surface area contributed by atoms with Crippen LogP contribution >= 0.6 is 0 Å². The van der Waals surface area contributed by atoms with Gasteiger partial charge in [-0.1, -0.05) is 13.0 Å². The molecule has 1 aromatic carbocycles. The van der Waals surface area contributed by atoms with Crippen LogP contribution in [0, 0.1) is 19.8 Å². The van der Waals surface area contributed by atoms with Crippen LogP contribution < -0.4 is 4.74 Å². The molecule has 0 saturated carbocycles. The number of aliphatic hydroxyl groups excluding tert-OH is 1. The van der Waals surface area contributed by atoms with E-state index in [2.05, 4.69) is 19.9 Å². The highest BCUT2D eigenvalue weighted by Gasteiger charge is 2.11. The van der Waals surface area contributed by atoms with Crippen LogP contribution in [0.2, 0.25) is 0 Å². The first-order valence-corrected chi connectivity index (χ1v) is 5.33. The third-order valence-corrected chi connectivity index (χ3v) is 2.66. The van der Waals surface area contributed by atoms with E-state index in [1.165, 1.54) is 16.7 Å². The highest BCUT2D eigenvalue weighted by Crippen LogP contribution is 2.26. The molecule has 0 aliphatic carbocycles. The third-order valence-electron chi connectivity index (χ3n) is 2.66. The lowest BCUT2D eigenvalue weighted by atomic mass is 9.95. The first-order valence-electron chi connectivity index (χ1n) is 5.33. The fourth-order valence-electron chi connectivity index (χ4n) is 1.82. The van der Waals surface area contributed by atoms with E-state index in [1.807, 2.05) is 13.0 Å². The number of hydrogen-bond acceptors (Lipinski definition) is 2. The zero-order valence-electron chi connectivity index (χ0n) is 10.0. The van der Waals surface area contributed by atoms with Gasteiger partial charge in [0.2, 0.25) is 0 Å². The molecule has 1 rings (SSSR count). The average molecular weight is 208 g/mol. The third kappa shape index (κ3) is 2.96. The summed E-state index contributed by atoms with van der Waals surface area (Å²) in [5.41, 5.74) is 3.67. The molecule has 0 fully saturated rings. The van der Waals surface area contributed by atoms with Crippen LogP contribution in [0.3, 0.4) is 0 Å². The number of ether oxygens (including phenoxy) is 1. The molecule has 1 N–H and O–H groups in total. The molecular weight excluding hydrogens is 188 g/mol. The van der Waals surface area contributed by atoms with Crippen LogP contribution in [0.25, 0.3) is 0 Å². The molecule has 0 spiro atoms. The summed E-state index contributed by atoms with van der Waals surface area (Å²) in [6.45, 7) is 6.42. The summed E-state index contributed by atoms with van der Waals surface area (Å²) in [4.78, 5) is 0. The lowest BCUT2D eigenvalue weighted by Gasteiger charge is -2.15.